The van der Waals surface area contributed by atoms with E-state index in [1.54, 1.807) is 0 Å². The van der Waals surface area contributed by atoms with Crippen LogP contribution in [0.4, 0.5) is 0 Å². The van der Waals surface area contributed by atoms with E-state index in [4.69, 9.17) is 0 Å². The van der Waals surface area contributed by atoms with Crippen LogP contribution < -0.4 is 0 Å². The van der Waals surface area contributed by atoms with Gasteiger partial charge in [0.1, 0.15) is 0 Å². The molecule has 2 heterocycles. The number of hydrogen-bond donors (Lipinski definition) is 2. The van der Waals surface area contributed by atoms with Crippen molar-refractivity contribution in [2.45, 2.75) is 55.8 Å². The summed E-state index contributed by atoms with van der Waals surface area (Å²) in [4.78, 5) is 5.87. The molecule has 0 unspecified atom stereocenters. The Kier molecular flexibility index (Phi) is 5.67. The van der Waals surface area contributed by atoms with Crippen LogP contribution >= 0.6 is 11.8 Å². The van der Waals surface area contributed by atoms with Crippen molar-refractivity contribution >= 4 is 22.7 Å². The average Bonchev–Trinajstić information content (AvgIpc) is 3.47. The zero-order valence-corrected chi connectivity index (χ0v) is 17.8. The Bertz CT molecular complexity index is 976. The van der Waals surface area contributed by atoms with E-state index in [2.05, 4.69) is 70.2 Å². The van der Waals surface area contributed by atoms with Gasteiger partial charge in [-0.25, -0.2) is 0 Å². The average molecular weight is 407 g/mol. The summed E-state index contributed by atoms with van der Waals surface area (Å²) in [6.45, 7) is 2.65. The molecule has 152 valence electrons. The fourth-order valence-electron chi connectivity index (χ4n) is 4.76. The lowest BCUT2D eigenvalue weighted by atomic mass is 10.0. The van der Waals surface area contributed by atoms with Crippen molar-refractivity contribution in [1.29, 1.82) is 0 Å². The number of H-pyrrole nitrogens is 1. The molecule has 0 amide bonds. The molecule has 2 aromatic carbocycles. The molecule has 2 fully saturated rings. The minimum atomic E-state index is -0.162. The fraction of sp³-hybridized carbons (Fsp3) is 0.440. The number of fused-ring (bicyclic) bond motifs is 1. The van der Waals surface area contributed by atoms with Gasteiger partial charge >= 0.3 is 0 Å². The van der Waals surface area contributed by atoms with Gasteiger partial charge < -0.3 is 10.1 Å². The summed E-state index contributed by atoms with van der Waals surface area (Å²) in [7, 11) is 0. The van der Waals surface area contributed by atoms with Crippen LogP contribution in [0.1, 0.15) is 43.4 Å². The molecule has 4 heteroatoms. The molecule has 2 N–H and O–H groups in total. The number of rotatable bonds is 6. The zero-order valence-electron chi connectivity index (χ0n) is 16.9. The van der Waals surface area contributed by atoms with E-state index in [0.29, 0.717) is 0 Å². The predicted molar refractivity (Wildman–Crippen MR) is 123 cm³/mol. The van der Waals surface area contributed by atoms with Crippen molar-refractivity contribution in [2.75, 3.05) is 13.1 Å². The van der Waals surface area contributed by atoms with E-state index < -0.39 is 0 Å². The smallest absolute Gasteiger partial charge is 0.0679 e. The molecule has 1 saturated carbocycles. The molecule has 1 aliphatic carbocycles. The van der Waals surface area contributed by atoms with Crippen LogP contribution in [0.2, 0.25) is 0 Å². The minimum absolute atomic E-state index is 0.162. The molecule has 0 bridgehead atoms. The zero-order chi connectivity index (χ0) is 19.6. The molecular weight excluding hydrogens is 376 g/mol. The van der Waals surface area contributed by atoms with E-state index in [0.717, 1.165) is 37.1 Å². The van der Waals surface area contributed by atoms with Crippen LogP contribution in [-0.2, 0) is 12.3 Å². The van der Waals surface area contributed by atoms with Crippen molar-refractivity contribution in [1.82, 2.24) is 9.88 Å². The number of aliphatic hydroxyl groups excluding tert-OH is 1. The van der Waals surface area contributed by atoms with Crippen molar-refractivity contribution in [3.8, 4) is 11.1 Å². The first-order valence-corrected chi connectivity index (χ1v) is 12.0. The van der Waals surface area contributed by atoms with Gasteiger partial charge in [-0.05, 0) is 54.2 Å². The Hall–Kier alpha value is -1.75. The van der Waals surface area contributed by atoms with Crippen molar-refractivity contribution in [2.24, 2.45) is 0 Å². The van der Waals surface area contributed by atoms with Gasteiger partial charge in [-0.15, -0.1) is 0 Å². The highest BCUT2D eigenvalue weighted by Crippen LogP contribution is 2.33. The summed E-state index contributed by atoms with van der Waals surface area (Å²) >= 11 is 2.13. The van der Waals surface area contributed by atoms with Crippen LogP contribution in [0.15, 0.2) is 48.5 Å². The number of nitrogens with zero attached hydrogens (tertiary/aromatic N) is 1. The standard InChI is InChI=1S/C25H30N2OS/c28-23-10-11-27(16-23)15-22-14-21-13-20(8-9-25(21)26-22)19-5-3-4-18(12-19)17-29-24-6-1-2-7-24/h3-5,8-9,12-14,23-24,26,28H,1-2,6-7,10-11,15-17H2/t23-/m0/s1. The quantitative estimate of drug-likeness (QED) is 0.561. The second kappa shape index (κ2) is 8.55. The Morgan fingerprint density at radius 3 is 2.69 bits per heavy atom. The van der Waals surface area contributed by atoms with Gasteiger partial charge in [-0.1, -0.05) is 43.2 Å². The van der Waals surface area contributed by atoms with Crippen LogP contribution in [-0.4, -0.2) is 39.4 Å². The first kappa shape index (κ1) is 19.2. The molecule has 5 rings (SSSR count). The molecule has 1 aromatic heterocycles. The van der Waals surface area contributed by atoms with Crippen molar-refractivity contribution < 1.29 is 5.11 Å². The highest BCUT2D eigenvalue weighted by Gasteiger charge is 2.20. The molecule has 1 aliphatic heterocycles. The summed E-state index contributed by atoms with van der Waals surface area (Å²) in [6.07, 6.45) is 6.34. The lowest BCUT2D eigenvalue weighted by Crippen LogP contribution is -2.21. The van der Waals surface area contributed by atoms with E-state index in [9.17, 15) is 5.11 Å². The lowest BCUT2D eigenvalue weighted by molar-refractivity contribution is 0.174. The maximum atomic E-state index is 9.75. The van der Waals surface area contributed by atoms with Crippen LogP contribution in [0.25, 0.3) is 22.0 Å². The summed E-state index contributed by atoms with van der Waals surface area (Å²) in [5.74, 6) is 1.12. The number of hydrogen-bond acceptors (Lipinski definition) is 3. The van der Waals surface area contributed by atoms with Gasteiger partial charge in [0, 0.05) is 47.2 Å². The van der Waals surface area contributed by atoms with Crippen LogP contribution in [0.3, 0.4) is 0 Å². The maximum Gasteiger partial charge on any atom is 0.0679 e. The second-order valence-corrected chi connectivity index (χ2v) is 9.98. The van der Waals surface area contributed by atoms with Gasteiger partial charge in [-0.2, -0.15) is 11.8 Å². The maximum absolute atomic E-state index is 9.75. The van der Waals surface area contributed by atoms with Crippen molar-refractivity contribution in [3.05, 3.63) is 59.8 Å². The number of nitrogens with one attached hydrogen (secondary N) is 1. The Morgan fingerprint density at radius 2 is 1.86 bits per heavy atom. The summed E-state index contributed by atoms with van der Waals surface area (Å²) < 4.78 is 0. The monoisotopic (exact) mass is 406 g/mol. The largest absolute Gasteiger partial charge is 0.392 e. The number of aromatic amines is 1. The van der Waals surface area contributed by atoms with Crippen molar-refractivity contribution in [3.63, 3.8) is 0 Å². The number of benzene rings is 2. The topological polar surface area (TPSA) is 39.3 Å². The van der Waals surface area contributed by atoms with Gasteiger partial charge in [0.25, 0.3) is 0 Å². The first-order valence-electron chi connectivity index (χ1n) is 11.0. The fourth-order valence-corrected chi connectivity index (χ4v) is 6.04. The van der Waals surface area contributed by atoms with Gasteiger partial charge in [0.15, 0.2) is 0 Å². The highest BCUT2D eigenvalue weighted by molar-refractivity contribution is 7.99. The van der Waals surface area contributed by atoms with E-state index in [1.807, 2.05) is 0 Å². The van der Waals surface area contributed by atoms with Gasteiger partial charge in [0.2, 0.25) is 0 Å². The molecule has 1 saturated heterocycles. The molecule has 2 aliphatic rings. The van der Waals surface area contributed by atoms with Gasteiger partial charge in [-0.3, -0.25) is 4.90 Å². The highest BCUT2D eigenvalue weighted by atomic mass is 32.2. The molecule has 3 aromatic rings. The van der Waals surface area contributed by atoms with Gasteiger partial charge in [0.05, 0.1) is 6.10 Å². The second-order valence-electron chi connectivity index (χ2n) is 8.69. The van der Waals surface area contributed by atoms with E-state index in [1.165, 1.54) is 59.0 Å². The third-order valence-corrected chi connectivity index (χ3v) is 7.81. The van der Waals surface area contributed by atoms with Crippen LogP contribution in [0.5, 0.6) is 0 Å². The summed E-state index contributed by atoms with van der Waals surface area (Å²) in [5, 5.41) is 11.9. The number of likely N-dealkylation sites (tertiary alicyclic amines) is 1. The Morgan fingerprint density at radius 1 is 1.00 bits per heavy atom. The minimum Gasteiger partial charge on any atom is -0.392 e. The lowest BCUT2D eigenvalue weighted by Gasteiger charge is -2.12. The number of aromatic nitrogens is 1. The molecule has 0 radical (unpaired) electrons. The van der Waals surface area contributed by atoms with E-state index in [-0.39, 0.29) is 6.10 Å². The number of aliphatic hydroxyl groups is 1. The Balaban J connectivity index is 1.31. The third kappa shape index (κ3) is 4.55. The summed E-state index contributed by atoms with van der Waals surface area (Å²) in [6, 6.07) is 18.1. The third-order valence-electron chi connectivity index (χ3n) is 6.37. The normalized spacial score (nSPS) is 20.8. The number of β-amino-alcohol motifs (C(OH)–C–C–N with tert-alkyl or cyclic N) is 1. The first-order chi connectivity index (χ1) is 14.2. The molecule has 0 spiro atoms. The SMILES string of the molecule is O[C@H]1CCN(Cc2cc3cc(-c4cccc(CSC5CCCC5)c4)ccc3[nH]2)C1. The van der Waals surface area contributed by atoms with Crippen LogP contribution in [0, 0.1) is 0 Å². The predicted octanol–water partition coefficient (Wildman–Crippen LogP) is 5.58. The van der Waals surface area contributed by atoms with E-state index >= 15 is 0 Å². The molecule has 1 atom stereocenters. The Labute approximate surface area is 177 Å². The number of thioether (sulfide) groups is 1. The molecular formula is C25H30N2OS. The molecule has 3 nitrogen and oxygen atoms in total. The molecule has 29 heavy (non-hydrogen) atoms. The summed E-state index contributed by atoms with van der Waals surface area (Å²) in [5.41, 5.74) is 6.44.